The number of ether oxygens (including phenoxy) is 1. The molecule has 3 atom stereocenters. The number of ketones is 1. The number of nitrogens with zero attached hydrogens (tertiary/aromatic N) is 3. The van der Waals surface area contributed by atoms with Crippen LogP contribution in [0.15, 0.2) is 36.4 Å². The van der Waals surface area contributed by atoms with Crippen molar-refractivity contribution < 1.29 is 23.5 Å². The number of benzene rings is 2. The highest BCUT2D eigenvalue weighted by Gasteiger charge is 2.38. The van der Waals surface area contributed by atoms with Crippen LogP contribution in [-0.2, 0) is 20.9 Å². The third kappa shape index (κ3) is 5.28. The van der Waals surface area contributed by atoms with E-state index in [1.807, 2.05) is 11.8 Å². The number of halogens is 2. The van der Waals surface area contributed by atoms with Gasteiger partial charge in [-0.15, -0.1) is 0 Å². The summed E-state index contributed by atoms with van der Waals surface area (Å²) in [5, 5.41) is 3.48. The molecule has 0 bridgehead atoms. The van der Waals surface area contributed by atoms with E-state index in [1.165, 1.54) is 17.0 Å². The number of carbonyl (C=O) groups is 3. The van der Waals surface area contributed by atoms with Crippen molar-refractivity contribution in [2.45, 2.75) is 38.4 Å². The van der Waals surface area contributed by atoms with Gasteiger partial charge in [0.15, 0.2) is 0 Å². The molecule has 2 aromatic carbocycles. The number of Topliss-reactive ketones (excluding diaryl/α,β-unsaturated/α-hetero) is 1. The Morgan fingerprint density at radius 2 is 1.76 bits per heavy atom. The number of anilines is 1. The zero-order valence-electron chi connectivity index (χ0n) is 21.6. The summed E-state index contributed by atoms with van der Waals surface area (Å²) in [7, 11) is 0. The highest BCUT2D eigenvalue weighted by molar-refractivity contribution is 6.39. The molecule has 0 saturated carbocycles. The lowest BCUT2D eigenvalue weighted by Crippen LogP contribution is -2.57. The average molecular weight is 543 g/mol. The number of piperazine rings is 1. The van der Waals surface area contributed by atoms with Crippen molar-refractivity contribution in [1.29, 1.82) is 0 Å². The lowest BCUT2D eigenvalue weighted by molar-refractivity contribution is -0.147. The summed E-state index contributed by atoms with van der Waals surface area (Å²) in [5.74, 6) is -2.14. The number of hydrogen-bond acceptors (Lipinski definition) is 6. The van der Waals surface area contributed by atoms with Gasteiger partial charge in [0, 0.05) is 57.0 Å². The van der Waals surface area contributed by atoms with Crippen LogP contribution in [0.1, 0.15) is 41.3 Å². The lowest BCUT2D eigenvalue weighted by Gasteiger charge is -2.44. The predicted molar refractivity (Wildman–Crippen MR) is 142 cm³/mol. The van der Waals surface area contributed by atoms with E-state index in [2.05, 4.69) is 17.1 Å². The fourth-order valence-corrected chi connectivity index (χ4v) is 5.75. The quantitative estimate of drug-likeness (QED) is 0.585. The number of hydrogen-bond donors (Lipinski definition) is 1. The molecule has 2 fully saturated rings. The molecule has 0 aromatic heterocycles. The Morgan fingerprint density at radius 3 is 2.47 bits per heavy atom. The molecule has 5 rings (SSSR count). The van der Waals surface area contributed by atoms with E-state index in [0.717, 1.165) is 5.56 Å². The summed E-state index contributed by atoms with van der Waals surface area (Å²) in [5.41, 5.74) is 2.64. The van der Waals surface area contributed by atoms with Gasteiger partial charge in [-0.1, -0.05) is 23.7 Å². The first-order valence-electron chi connectivity index (χ1n) is 13.0. The molecule has 0 aliphatic carbocycles. The fraction of sp³-hybridized carbons (Fsp3) is 0.464. The Morgan fingerprint density at radius 1 is 1.05 bits per heavy atom. The molecule has 1 unspecified atom stereocenters. The van der Waals surface area contributed by atoms with Gasteiger partial charge in [-0.25, -0.2) is 4.39 Å². The van der Waals surface area contributed by atoms with Gasteiger partial charge in [0.2, 0.25) is 5.78 Å². The summed E-state index contributed by atoms with van der Waals surface area (Å²) in [4.78, 5) is 45.4. The van der Waals surface area contributed by atoms with Crippen LogP contribution in [0, 0.1) is 5.82 Å². The summed E-state index contributed by atoms with van der Waals surface area (Å²) >= 11 is 6.56. The monoisotopic (exact) mass is 542 g/mol. The minimum atomic E-state index is -0.673. The van der Waals surface area contributed by atoms with E-state index < -0.39 is 17.6 Å². The van der Waals surface area contributed by atoms with E-state index in [-0.39, 0.29) is 30.4 Å². The molecular formula is C28H32ClFN4O4. The second-order valence-electron chi connectivity index (χ2n) is 10.3. The molecular weight excluding hydrogens is 511 g/mol. The molecule has 38 heavy (non-hydrogen) atoms. The zero-order valence-corrected chi connectivity index (χ0v) is 22.3. The zero-order chi connectivity index (χ0) is 27.0. The first-order valence-corrected chi connectivity index (χ1v) is 13.4. The van der Waals surface area contributed by atoms with Gasteiger partial charge in [-0.2, -0.15) is 0 Å². The number of carbonyl (C=O) groups excluding carboxylic acids is 3. The number of nitrogens with one attached hydrogen (secondary N) is 1. The van der Waals surface area contributed by atoms with Crippen molar-refractivity contribution in [2.75, 3.05) is 51.3 Å². The van der Waals surface area contributed by atoms with E-state index in [9.17, 15) is 18.8 Å². The molecule has 0 spiro atoms. The van der Waals surface area contributed by atoms with Crippen LogP contribution in [0.5, 0.6) is 0 Å². The largest absolute Gasteiger partial charge is 0.384 e. The minimum Gasteiger partial charge on any atom is -0.384 e. The predicted octanol–water partition coefficient (Wildman–Crippen LogP) is 3.15. The van der Waals surface area contributed by atoms with E-state index in [1.54, 1.807) is 24.3 Å². The Hall–Kier alpha value is -3.01. The van der Waals surface area contributed by atoms with Crippen LogP contribution in [0.3, 0.4) is 0 Å². The number of fused-ring (bicyclic) bond motifs is 1. The highest BCUT2D eigenvalue weighted by atomic mass is 35.5. The van der Waals surface area contributed by atoms with Gasteiger partial charge in [-0.3, -0.25) is 19.3 Å². The maximum absolute atomic E-state index is 13.7. The SMILES string of the molecule is C[C@@H]1CN(Cc2ccc(F)cc2)[C@@H](C)CN1C(=O)c1cc2c(cc1Cl)NCC2C(=O)C(=O)N1CCOCC1. The molecule has 2 aromatic rings. The second kappa shape index (κ2) is 11.0. The normalized spacial score (nSPS) is 23.6. The van der Waals surface area contributed by atoms with Gasteiger partial charge in [0.05, 0.1) is 29.7 Å². The fourth-order valence-electron chi connectivity index (χ4n) is 5.50. The van der Waals surface area contributed by atoms with Crippen molar-refractivity contribution >= 4 is 34.9 Å². The van der Waals surface area contributed by atoms with E-state index in [0.29, 0.717) is 67.8 Å². The van der Waals surface area contributed by atoms with Crippen LogP contribution in [0.4, 0.5) is 10.1 Å². The molecule has 8 nitrogen and oxygen atoms in total. The van der Waals surface area contributed by atoms with Crippen molar-refractivity contribution in [2.24, 2.45) is 0 Å². The first-order chi connectivity index (χ1) is 18.2. The molecule has 10 heteroatoms. The van der Waals surface area contributed by atoms with Crippen LogP contribution < -0.4 is 5.32 Å². The van der Waals surface area contributed by atoms with Gasteiger partial charge < -0.3 is 19.9 Å². The molecule has 3 aliphatic heterocycles. The highest BCUT2D eigenvalue weighted by Crippen LogP contribution is 2.37. The van der Waals surface area contributed by atoms with Crippen LogP contribution in [0.2, 0.25) is 5.02 Å². The van der Waals surface area contributed by atoms with Crippen LogP contribution in [-0.4, -0.2) is 90.3 Å². The van der Waals surface area contributed by atoms with Gasteiger partial charge in [0.25, 0.3) is 11.8 Å². The lowest BCUT2D eigenvalue weighted by atomic mass is 9.93. The topological polar surface area (TPSA) is 82.2 Å². The van der Waals surface area contributed by atoms with Gasteiger partial charge >= 0.3 is 0 Å². The third-order valence-corrected chi connectivity index (χ3v) is 8.05. The first kappa shape index (κ1) is 26.6. The van der Waals surface area contributed by atoms with Crippen molar-refractivity contribution in [3.05, 3.63) is 63.9 Å². The van der Waals surface area contributed by atoms with Crippen molar-refractivity contribution in [3.63, 3.8) is 0 Å². The van der Waals surface area contributed by atoms with Gasteiger partial charge in [-0.05, 0) is 49.2 Å². The standard InChI is InChI=1S/C28H32ClFN4O4/c1-17-15-34(18(2)14-33(17)16-19-3-5-20(30)6-4-19)27(36)22-11-21-23(13-31-25(21)12-24(22)29)26(35)28(37)32-7-9-38-10-8-32/h3-6,11-12,17-18,23,31H,7-10,13-16H2,1-2H3/t17-,18+,23?/m0/s1. The number of morpholine rings is 1. The van der Waals surface area contributed by atoms with Gasteiger partial charge in [0.1, 0.15) is 5.82 Å². The third-order valence-electron chi connectivity index (χ3n) is 7.74. The molecule has 2 saturated heterocycles. The summed E-state index contributed by atoms with van der Waals surface area (Å²) in [6, 6.07) is 9.83. The second-order valence-corrected chi connectivity index (χ2v) is 10.7. The Bertz CT molecular complexity index is 1230. The maximum atomic E-state index is 13.7. The smallest absolute Gasteiger partial charge is 0.290 e. The Balaban J connectivity index is 1.31. The molecule has 202 valence electrons. The van der Waals surface area contributed by atoms with E-state index >= 15 is 0 Å². The molecule has 3 heterocycles. The number of amides is 2. The molecule has 3 aliphatic rings. The maximum Gasteiger partial charge on any atom is 0.290 e. The van der Waals surface area contributed by atoms with Crippen molar-refractivity contribution in [3.8, 4) is 0 Å². The molecule has 2 amide bonds. The average Bonchev–Trinajstić information content (AvgIpc) is 3.33. The van der Waals surface area contributed by atoms with Crippen LogP contribution in [0.25, 0.3) is 0 Å². The van der Waals surface area contributed by atoms with E-state index in [4.69, 9.17) is 16.3 Å². The van der Waals surface area contributed by atoms with Crippen molar-refractivity contribution in [1.82, 2.24) is 14.7 Å². The summed E-state index contributed by atoms with van der Waals surface area (Å²) < 4.78 is 18.6. The van der Waals surface area contributed by atoms with Crippen LogP contribution >= 0.6 is 11.6 Å². The Labute approximate surface area is 226 Å². The molecule has 1 N–H and O–H groups in total. The summed E-state index contributed by atoms with van der Waals surface area (Å²) in [6.45, 7) is 7.80. The number of rotatable bonds is 5. The summed E-state index contributed by atoms with van der Waals surface area (Å²) in [6.07, 6.45) is 0. The minimum absolute atomic E-state index is 0.0792. The Kier molecular flexibility index (Phi) is 7.70. The molecule has 0 radical (unpaired) electrons.